The van der Waals surface area contributed by atoms with E-state index in [1.807, 2.05) is 13.0 Å². The Morgan fingerprint density at radius 1 is 1.11 bits per heavy atom. The second-order valence-electron chi connectivity index (χ2n) is 6.23. The average molecular weight is 409 g/mol. The summed E-state index contributed by atoms with van der Waals surface area (Å²) in [5.74, 6) is -0.747. The number of carbonyl (C=O) groups excluding carboxylic acids is 1. The van der Waals surface area contributed by atoms with Crippen LogP contribution in [0.5, 0.6) is 0 Å². The summed E-state index contributed by atoms with van der Waals surface area (Å²) in [7, 11) is -7.51. The van der Waals surface area contributed by atoms with E-state index >= 15 is 0 Å². The third kappa shape index (κ3) is 3.57. The summed E-state index contributed by atoms with van der Waals surface area (Å²) in [6.07, 6.45) is -0.0701. The van der Waals surface area contributed by atoms with Gasteiger partial charge in [0.2, 0.25) is 15.9 Å². The molecule has 1 amide bonds. The Morgan fingerprint density at radius 3 is 2.30 bits per heavy atom. The monoisotopic (exact) mass is 408 g/mol. The summed E-state index contributed by atoms with van der Waals surface area (Å²) >= 11 is 0. The molecule has 0 spiro atoms. The molecule has 2 aromatic rings. The van der Waals surface area contributed by atoms with Crippen LogP contribution >= 0.6 is 0 Å². The van der Waals surface area contributed by atoms with Crippen molar-refractivity contribution in [2.24, 2.45) is 0 Å². The second kappa shape index (κ2) is 6.97. The molecule has 144 valence electrons. The van der Waals surface area contributed by atoms with E-state index in [0.29, 0.717) is 5.69 Å². The molecule has 9 heteroatoms. The van der Waals surface area contributed by atoms with Gasteiger partial charge in [0.1, 0.15) is 0 Å². The molecule has 0 radical (unpaired) electrons. The van der Waals surface area contributed by atoms with Gasteiger partial charge in [-0.05, 0) is 55.8 Å². The van der Waals surface area contributed by atoms with E-state index in [4.69, 9.17) is 0 Å². The summed E-state index contributed by atoms with van der Waals surface area (Å²) in [6.45, 7) is 3.86. The van der Waals surface area contributed by atoms with Crippen molar-refractivity contribution in [1.29, 1.82) is 0 Å². The number of amides is 1. The summed E-state index contributed by atoms with van der Waals surface area (Å²) in [4.78, 5) is 11.9. The summed E-state index contributed by atoms with van der Waals surface area (Å²) in [5, 5.41) is 0. The van der Waals surface area contributed by atoms with Crippen molar-refractivity contribution >= 4 is 37.3 Å². The van der Waals surface area contributed by atoms with Crippen LogP contribution in [0.15, 0.2) is 53.4 Å². The Labute approximate surface area is 159 Å². The van der Waals surface area contributed by atoms with Crippen molar-refractivity contribution in [2.75, 3.05) is 20.9 Å². The van der Waals surface area contributed by atoms with Crippen LogP contribution in [0.2, 0.25) is 0 Å². The van der Waals surface area contributed by atoms with Gasteiger partial charge in [0.25, 0.3) is 10.0 Å². The van der Waals surface area contributed by atoms with E-state index in [2.05, 4.69) is 0 Å². The van der Waals surface area contributed by atoms with Crippen LogP contribution in [0, 0.1) is 6.92 Å². The van der Waals surface area contributed by atoms with Crippen molar-refractivity contribution in [2.45, 2.75) is 25.2 Å². The Hall–Kier alpha value is -2.39. The summed E-state index contributed by atoms with van der Waals surface area (Å²) in [5.41, 5.74) is 1.64. The van der Waals surface area contributed by atoms with E-state index in [9.17, 15) is 21.6 Å². The zero-order valence-electron chi connectivity index (χ0n) is 15.0. The Bertz CT molecular complexity index is 1080. The number of hydrogen-bond acceptors (Lipinski definition) is 5. The first-order chi connectivity index (χ1) is 12.7. The van der Waals surface area contributed by atoms with E-state index < -0.39 is 26.0 Å². The van der Waals surface area contributed by atoms with Crippen LogP contribution in [0.25, 0.3) is 0 Å². The minimum absolute atomic E-state index is 0.0265. The molecule has 1 aliphatic rings. The topological polar surface area (TPSA) is 91.8 Å². The molecule has 0 bridgehead atoms. The number of carbonyl (C=O) groups is 1. The first-order valence-corrected chi connectivity index (χ1v) is 11.5. The van der Waals surface area contributed by atoms with Gasteiger partial charge in [-0.3, -0.25) is 9.10 Å². The van der Waals surface area contributed by atoms with Gasteiger partial charge in [-0.15, -0.1) is 0 Å². The number of benzene rings is 2. The lowest BCUT2D eigenvalue weighted by Crippen LogP contribution is -2.31. The van der Waals surface area contributed by atoms with E-state index in [1.54, 1.807) is 25.1 Å². The Kier molecular flexibility index (Phi) is 5.00. The van der Waals surface area contributed by atoms with Crippen molar-refractivity contribution in [1.82, 2.24) is 0 Å². The quantitative estimate of drug-likeness (QED) is 0.757. The molecule has 2 aromatic carbocycles. The molecule has 0 N–H and O–H groups in total. The third-order valence-corrected chi connectivity index (χ3v) is 7.92. The highest BCUT2D eigenvalue weighted by molar-refractivity contribution is 7.94. The normalized spacial score (nSPS) is 16.5. The number of nitrogens with zero attached hydrogens (tertiary/aromatic N) is 2. The molecule has 0 unspecified atom stereocenters. The lowest BCUT2D eigenvalue weighted by Gasteiger charge is -2.23. The fourth-order valence-electron chi connectivity index (χ4n) is 3.02. The van der Waals surface area contributed by atoms with Crippen LogP contribution in [-0.2, 0) is 24.8 Å². The molecule has 0 atom stereocenters. The van der Waals surface area contributed by atoms with Gasteiger partial charge in [-0.25, -0.2) is 21.1 Å². The smallest absolute Gasteiger partial charge is 0.264 e. The number of anilines is 2. The first-order valence-electron chi connectivity index (χ1n) is 8.42. The number of sulfonamides is 2. The van der Waals surface area contributed by atoms with Crippen LogP contribution in [0.4, 0.5) is 11.4 Å². The fourth-order valence-corrected chi connectivity index (χ4v) is 5.95. The SMILES string of the molecule is CCN(c1cccc(C)c1)S(=O)(=O)c1ccc(N2C(=O)CCS2(=O)=O)cc1. The van der Waals surface area contributed by atoms with E-state index in [-0.39, 0.29) is 29.3 Å². The maximum Gasteiger partial charge on any atom is 0.264 e. The number of rotatable bonds is 5. The van der Waals surface area contributed by atoms with Gasteiger partial charge in [0, 0.05) is 13.0 Å². The molecule has 1 fully saturated rings. The third-order valence-electron chi connectivity index (χ3n) is 4.31. The molecule has 1 saturated heterocycles. The molecule has 0 aromatic heterocycles. The van der Waals surface area contributed by atoms with Crippen molar-refractivity contribution in [3.63, 3.8) is 0 Å². The molecule has 27 heavy (non-hydrogen) atoms. The zero-order chi connectivity index (χ0) is 19.8. The molecule has 0 aliphatic carbocycles. The largest absolute Gasteiger partial charge is 0.273 e. The molecular formula is C18H20N2O5S2. The van der Waals surface area contributed by atoms with Gasteiger partial charge >= 0.3 is 0 Å². The van der Waals surface area contributed by atoms with E-state index in [0.717, 1.165) is 9.87 Å². The highest BCUT2D eigenvalue weighted by atomic mass is 32.2. The van der Waals surface area contributed by atoms with Crippen molar-refractivity contribution in [3.8, 4) is 0 Å². The maximum atomic E-state index is 13.0. The molecule has 1 heterocycles. The van der Waals surface area contributed by atoms with Gasteiger partial charge in [0.15, 0.2) is 0 Å². The highest BCUT2D eigenvalue weighted by Crippen LogP contribution is 2.29. The molecular weight excluding hydrogens is 388 g/mol. The van der Waals surface area contributed by atoms with Crippen LogP contribution < -0.4 is 8.61 Å². The van der Waals surface area contributed by atoms with E-state index in [1.165, 1.54) is 28.6 Å². The highest BCUT2D eigenvalue weighted by Gasteiger charge is 2.36. The van der Waals surface area contributed by atoms with Crippen molar-refractivity contribution in [3.05, 3.63) is 54.1 Å². The minimum Gasteiger partial charge on any atom is -0.273 e. The fraction of sp³-hybridized carbons (Fsp3) is 0.278. The molecule has 3 rings (SSSR count). The molecule has 7 nitrogen and oxygen atoms in total. The zero-order valence-corrected chi connectivity index (χ0v) is 16.6. The van der Waals surface area contributed by atoms with Crippen LogP contribution in [0.1, 0.15) is 18.9 Å². The van der Waals surface area contributed by atoms with Gasteiger partial charge < -0.3 is 0 Å². The standard InChI is InChI=1S/C18H20N2O5S2/c1-3-19(16-6-4-5-14(2)13-16)27(24,25)17-9-7-15(8-10-17)20-18(21)11-12-26(20,22)23/h4-10,13H,3,11-12H2,1-2H3. The Morgan fingerprint density at radius 2 is 1.78 bits per heavy atom. The number of aryl methyl sites for hydroxylation is 1. The lowest BCUT2D eigenvalue weighted by molar-refractivity contribution is -0.116. The second-order valence-corrected chi connectivity index (χ2v) is 10.0. The van der Waals surface area contributed by atoms with Crippen LogP contribution in [-0.4, -0.2) is 35.0 Å². The van der Waals surface area contributed by atoms with Crippen LogP contribution in [0.3, 0.4) is 0 Å². The lowest BCUT2D eigenvalue weighted by atomic mass is 10.2. The van der Waals surface area contributed by atoms with Gasteiger partial charge in [-0.2, -0.15) is 0 Å². The molecule has 1 aliphatic heterocycles. The summed E-state index contributed by atoms with van der Waals surface area (Å²) < 4.78 is 52.1. The van der Waals surface area contributed by atoms with Gasteiger partial charge in [-0.1, -0.05) is 12.1 Å². The molecule has 0 saturated carbocycles. The summed E-state index contributed by atoms with van der Waals surface area (Å²) in [6, 6.07) is 12.5. The first kappa shape index (κ1) is 19.4. The van der Waals surface area contributed by atoms with Crippen molar-refractivity contribution < 1.29 is 21.6 Å². The predicted molar refractivity (Wildman–Crippen MR) is 104 cm³/mol. The number of hydrogen-bond donors (Lipinski definition) is 0. The maximum absolute atomic E-state index is 13.0. The predicted octanol–water partition coefficient (Wildman–Crippen LogP) is 2.28. The Balaban J connectivity index is 1.97. The van der Waals surface area contributed by atoms with Gasteiger partial charge in [0.05, 0.1) is 22.0 Å². The minimum atomic E-state index is -3.82. The average Bonchev–Trinajstić information content (AvgIpc) is 2.88.